The Labute approximate surface area is 308 Å². The zero-order valence-corrected chi connectivity index (χ0v) is 31.2. The van der Waals surface area contributed by atoms with Gasteiger partial charge in [-0.05, 0) is 50.2 Å². The van der Waals surface area contributed by atoms with Crippen molar-refractivity contribution >= 4 is 65.0 Å². The normalized spacial score (nSPS) is 14.8. The van der Waals surface area contributed by atoms with Crippen LogP contribution in [0.1, 0.15) is 72.1 Å². The molecule has 1 aliphatic rings. The molecule has 0 saturated carbocycles. The first-order valence-corrected chi connectivity index (χ1v) is 18.7. The van der Waals surface area contributed by atoms with Crippen molar-refractivity contribution in [2.75, 3.05) is 50.8 Å². The minimum atomic E-state index is -1.06. The van der Waals surface area contributed by atoms with E-state index in [0.717, 1.165) is 0 Å². The van der Waals surface area contributed by atoms with E-state index in [1.54, 1.807) is 0 Å². The van der Waals surface area contributed by atoms with Crippen LogP contribution in [-0.4, -0.2) is 127 Å². The molecule has 0 aliphatic carbocycles. The van der Waals surface area contributed by atoms with Crippen LogP contribution in [0.15, 0.2) is 4.99 Å². The highest BCUT2D eigenvalue weighted by molar-refractivity contribution is 7.99. The van der Waals surface area contributed by atoms with Gasteiger partial charge in [0.05, 0.1) is 19.6 Å². The lowest BCUT2D eigenvalue weighted by Gasteiger charge is -2.30. The molecule has 1 fully saturated rings. The standard InChI is InChI=1S/C32H57N11O8S/c1-4-11-36-29(49)21(8-5-12-37-32(34)35)42-30(50)23-9-6-13-43(23)31(51)22(41-28(48)18-40-26(46)15-20(2)3)19-52-14-7-10-25(45)39-17-27(47)38-16-24(33)44/h20-23H,4-19H2,1-3H3,(H2,33,44)(H,36,49)(H,38,47)(H,39,45)(H,40,46)(H,41,48)(H,42,50)(H4,34,35,37)/t21-,22+,23+/m1/s1. The number of likely N-dealkylation sites (tertiary alicyclic amines) is 1. The molecule has 3 atom stereocenters. The van der Waals surface area contributed by atoms with Gasteiger partial charge in [-0.25, -0.2) is 0 Å². The maximum atomic E-state index is 13.9. The summed E-state index contributed by atoms with van der Waals surface area (Å²) >= 11 is 1.30. The molecule has 19 nitrogen and oxygen atoms in total. The minimum Gasteiger partial charge on any atom is -0.370 e. The topological polar surface area (TPSA) is 302 Å². The molecule has 52 heavy (non-hydrogen) atoms. The Bertz CT molecular complexity index is 1260. The second-order valence-electron chi connectivity index (χ2n) is 12.7. The molecule has 294 valence electrons. The number of nitrogens with one attached hydrogen (secondary N) is 6. The zero-order valence-electron chi connectivity index (χ0n) is 30.4. The molecule has 1 rings (SSSR count). The minimum absolute atomic E-state index is 0.0796. The third-order valence-electron chi connectivity index (χ3n) is 7.52. The number of nitrogens with zero attached hydrogens (tertiary/aromatic N) is 2. The Balaban J connectivity index is 2.93. The highest BCUT2D eigenvalue weighted by Gasteiger charge is 2.38. The number of nitrogens with two attached hydrogens (primary N) is 3. The van der Waals surface area contributed by atoms with Gasteiger partial charge in [-0.2, -0.15) is 11.8 Å². The summed E-state index contributed by atoms with van der Waals surface area (Å²) in [5.41, 5.74) is 15.8. The monoisotopic (exact) mass is 755 g/mol. The van der Waals surface area contributed by atoms with Crippen LogP contribution in [0.4, 0.5) is 0 Å². The molecule has 12 N–H and O–H groups in total. The highest BCUT2D eigenvalue weighted by Crippen LogP contribution is 2.20. The number of carbonyl (C=O) groups is 8. The van der Waals surface area contributed by atoms with E-state index in [1.807, 2.05) is 20.8 Å². The molecule has 20 heteroatoms. The number of hydrogen-bond acceptors (Lipinski definition) is 10. The summed E-state index contributed by atoms with van der Waals surface area (Å²) in [6.45, 7) is 5.58. The summed E-state index contributed by atoms with van der Waals surface area (Å²) < 4.78 is 0. The van der Waals surface area contributed by atoms with E-state index < -0.39 is 53.6 Å². The number of amides is 8. The number of rotatable bonds is 25. The van der Waals surface area contributed by atoms with Gasteiger partial charge >= 0.3 is 0 Å². The first-order chi connectivity index (χ1) is 24.6. The van der Waals surface area contributed by atoms with E-state index in [4.69, 9.17) is 17.2 Å². The summed E-state index contributed by atoms with van der Waals surface area (Å²) in [4.78, 5) is 105. The Kier molecular flexibility index (Phi) is 22.1. The van der Waals surface area contributed by atoms with Crippen LogP contribution in [0.3, 0.4) is 0 Å². The van der Waals surface area contributed by atoms with E-state index in [-0.39, 0.29) is 81.4 Å². The van der Waals surface area contributed by atoms with Gasteiger partial charge in [-0.15, -0.1) is 0 Å². The summed E-state index contributed by atoms with van der Waals surface area (Å²) in [6.07, 6.45) is 2.95. The van der Waals surface area contributed by atoms with Gasteiger partial charge in [-0.1, -0.05) is 20.8 Å². The predicted molar refractivity (Wildman–Crippen MR) is 196 cm³/mol. The Morgan fingerprint density at radius 3 is 2.15 bits per heavy atom. The van der Waals surface area contributed by atoms with E-state index in [2.05, 4.69) is 36.9 Å². The van der Waals surface area contributed by atoms with Crippen LogP contribution < -0.4 is 49.1 Å². The lowest BCUT2D eigenvalue weighted by Crippen LogP contribution is -2.57. The first kappa shape index (κ1) is 45.4. The van der Waals surface area contributed by atoms with E-state index in [9.17, 15) is 38.4 Å². The SMILES string of the molecule is CCCNC(=O)[C@@H](CCCN=C(N)N)NC(=O)[C@@H]1CCCN1C(=O)[C@H](CSCCCC(=O)NCC(=O)NCC(N)=O)NC(=O)CNC(=O)CC(C)C. The number of primary amides is 1. The molecule has 0 spiro atoms. The van der Waals surface area contributed by atoms with Crippen LogP contribution in [0.5, 0.6) is 0 Å². The van der Waals surface area contributed by atoms with Crippen molar-refractivity contribution in [1.29, 1.82) is 0 Å². The second-order valence-corrected chi connectivity index (χ2v) is 13.8. The van der Waals surface area contributed by atoms with E-state index in [1.165, 1.54) is 16.7 Å². The van der Waals surface area contributed by atoms with Gasteiger partial charge in [0.15, 0.2) is 5.96 Å². The van der Waals surface area contributed by atoms with E-state index in [0.29, 0.717) is 44.4 Å². The Hall–Kier alpha value is -4.62. The van der Waals surface area contributed by atoms with Crippen LogP contribution in [0.25, 0.3) is 0 Å². The summed E-state index contributed by atoms with van der Waals surface area (Å²) in [7, 11) is 0. The van der Waals surface area contributed by atoms with Gasteiger partial charge in [0.1, 0.15) is 18.1 Å². The van der Waals surface area contributed by atoms with Crippen molar-refractivity contribution in [2.45, 2.75) is 90.3 Å². The molecule has 1 saturated heterocycles. The van der Waals surface area contributed by atoms with Crippen molar-refractivity contribution < 1.29 is 38.4 Å². The van der Waals surface area contributed by atoms with Crippen molar-refractivity contribution in [2.24, 2.45) is 28.1 Å². The highest BCUT2D eigenvalue weighted by atomic mass is 32.2. The fourth-order valence-electron chi connectivity index (χ4n) is 5.01. The van der Waals surface area contributed by atoms with Crippen LogP contribution in [0, 0.1) is 5.92 Å². The molecule has 0 aromatic carbocycles. The average Bonchev–Trinajstić information content (AvgIpc) is 3.58. The molecule has 0 bridgehead atoms. The quantitative estimate of drug-likeness (QED) is 0.0256. The number of carbonyl (C=O) groups excluding carboxylic acids is 8. The second kappa shape index (κ2) is 25.4. The van der Waals surface area contributed by atoms with Crippen molar-refractivity contribution in [3.05, 3.63) is 0 Å². The number of aliphatic imine (C=N–C) groups is 1. The van der Waals surface area contributed by atoms with E-state index >= 15 is 0 Å². The number of guanidine groups is 1. The van der Waals surface area contributed by atoms with Crippen molar-refractivity contribution in [1.82, 2.24) is 36.8 Å². The fourth-order valence-corrected chi connectivity index (χ4v) is 5.98. The van der Waals surface area contributed by atoms with Gasteiger partial charge in [0, 0.05) is 38.2 Å². The fraction of sp³-hybridized carbons (Fsp3) is 0.719. The summed E-state index contributed by atoms with van der Waals surface area (Å²) in [5, 5.41) is 15.5. The molecule has 0 aromatic rings. The summed E-state index contributed by atoms with van der Waals surface area (Å²) in [5.74, 6) is -3.38. The Morgan fingerprint density at radius 1 is 0.827 bits per heavy atom. The predicted octanol–water partition coefficient (Wildman–Crippen LogP) is -3.08. The van der Waals surface area contributed by atoms with Crippen LogP contribution >= 0.6 is 11.8 Å². The number of hydrogen-bond donors (Lipinski definition) is 9. The maximum Gasteiger partial charge on any atom is 0.246 e. The lowest BCUT2D eigenvalue weighted by atomic mass is 10.1. The van der Waals surface area contributed by atoms with Crippen molar-refractivity contribution in [3.8, 4) is 0 Å². The third-order valence-corrected chi connectivity index (χ3v) is 8.67. The molecular weight excluding hydrogens is 698 g/mol. The molecular formula is C32H57N11O8S. The molecule has 0 aromatic heterocycles. The lowest BCUT2D eigenvalue weighted by molar-refractivity contribution is -0.141. The smallest absolute Gasteiger partial charge is 0.246 e. The molecule has 0 radical (unpaired) electrons. The zero-order chi connectivity index (χ0) is 39.1. The Morgan fingerprint density at radius 2 is 1.50 bits per heavy atom. The van der Waals surface area contributed by atoms with Gasteiger partial charge in [0.2, 0.25) is 47.3 Å². The average molecular weight is 756 g/mol. The maximum absolute atomic E-state index is 13.9. The van der Waals surface area contributed by atoms with Crippen LogP contribution in [-0.2, 0) is 38.4 Å². The molecule has 8 amide bonds. The molecule has 1 heterocycles. The molecule has 1 aliphatic heterocycles. The largest absolute Gasteiger partial charge is 0.370 e. The van der Waals surface area contributed by atoms with Crippen molar-refractivity contribution in [3.63, 3.8) is 0 Å². The third kappa shape index (κ3) is 19.7. The van der Waals surface area contributed by atoms with Gasteiger partial charge in [0.25, 0.3) is 0 Å². The van der Waals surface area contributed by atoms with Gasteiger partial charge < -0.3 is 54.0 Å². The summed E-state index contributed by atoms with van der Waals surface area (Å²) in [6, 6.07) is -2.82. The number of thioether (sulfide) groups is 1. The van der Waals surface area contributed by atoms with Crippen LogP contribution in [0.2, 0.25) is 0 Å². The van der Waals surface area contributed by atoms with Gasteiger partial charge in [-0.3, -0.25) is 43.3 Å². The molecule has 0 unspecified atom stereocenters. The first-order valence-electron chi connectivity index (χ1n) is 17.5.